The maximum atomic E-state index is 13.4. The third-order valence-electron chi connectivity index (χ3n) is 7.68. The SMILES string of the molecule is CC[C@H](c1nnnn1Cc1ccc(F)cc1)N(Cc1cc2c(C)cc(C)cc2[nH]c1=O)C1CCCCC1. The average Bonchev–Trinajstić information content (AvgIpc) is 3.34. The van der Waals surface area contributed by atoms with Gasteiger partial charge in [0, 0.05) is 29.1 Å². The van der Waals surface area contributed by atoms with E-state index in [-0.39, 0.29) is 17.4 Å². The molecule has 0 aliphatic heterocycles. The molecule has 0 spiro atoms. The number of halogens is 1. The first kappa shape index (κ1) is 25.3. The van der Waals surface area contributed by atoms with E-state index in [0.717, 1.165) is 58.2 Å². The van der Waals surface area contributed by atoms with Crippen LogP contribution in [0.3, 0.4) is 0 Å². The number of hydrogen-bond acceptors (Lipinski definition) is 5. The minimum Gasteiger partial charge on any atom is -0.322 e. The number of tetrazole rings is 1. The highest BCUT2D eigenvalue weighted by molar-refractivity contribution is 5.83. The summed E-state index contributed by atoms with van der Waals surface area (Å²) in [6.07, 6.45) is 6.62. The van der Waals surface area contributed by atoms with Gasteiger partial charge in [-0.2, -0.15) is 0 Å². The summed E-state index contributed by atoms with van der Waals surface area (Å²) >= 11 is 0. The van der Waals surface area contributed by atoms with E-state index < -0.39 is 0 Å². The summed E-state index contributed by atoms with van der Waals surface area (Å²) in [6, 6.07) is 13.0. The molecule has 4 aromatic rings. The van der Waals surface area contributed by atoms with Gasteiger partial charge in [-0.15, -0.1) is 5.10 Å². The van der Waals surface area contributed by atoms with E-state index in [1.165, 1.54) is 31.4 Å². The molecule has 1 N–H and O–H groups in total. The molecule has 2 aromatic heterocycles. The molecule has 37 heavy (non-hydrogen) atoms. The predicted octanol–water partition coefficient (Wildman–Crippen LogP) is 5.60. The van der Waals surface area contributed by atoms with Crippen LogP contribution in [0.1, 0.15) is 79.6 Å². The zero-order chi connectivity index (χ0) is 25.9. The average molecular weight is 503 g/mol. The number of aromatic nitrogens is 5. The molecule has 1 aliphatic carbocycles. The van der Waals surface area contributed by atoms with E-state index in [1.807, 2.05) is 17.7 Å². The molecule has 1 saturated carbocycles. The Bertz CT molecular complexity index is 1420. The number of pyridine rings is 1. The third-order valence-corrected chi connectivity index (χ3v) is 7.68. The van der Waals surface area contributed by atoms with Gasteiger partial charge in [-0.25, -0.2) is 9.07 Å². The molecule has 194 valence electrons. The number of nitrogens with zero attached hydrogens (tertiary/aromatic N) is 5. The molecule has 2 aromatic carbocycles. The standard InChI is InChI=1S/C29H35FN6O/c1-4-27(28-32-33-34-36(28)17-21-10-12-23(30)13-11-21)35(24-8-6-5-7-9-24)18-22-16-25-20(3)14-19(2)15-26(25)31-29(22)37/h10-16,24,27H,4-9,17-18H2,1-3H3,(H,31,37)/t27-/m1/s1. The second-order valence-corrected chi connectivity index (χ2v) is 10.4. The Labute approximate surface area is 216 Å². The zero-order valence-electron chi connectivity index (χ0n) is 21.9. The summed E-state index contributed by atoms with van der Waals surface area (Å²) in [5.74, 6) is 0.517. The number of fused-ring (bicyclic) bond motifs is 1. The van der Waals surface area contributed by atoms with Crippen LogP contribution in [0.25, 0.3) is 10.9 Å². The molecule has 0 saturated heterocycles. The normalized spacial score (nSPS) is 15.5. The van der Waals surface area contributed by atoms with Crippen molar-refractivity contribution in [3.8, 4) is 0 Å². The molecular weight excluding hydrogens is 467 g/mol. The van der Waals surface area contributed by atoms with Crippen LogP contribution >= 0.6 is 0 Å². The summed E-state index contributed by atoms with van der Waals surface area (Å²) in [7, 11) is 0. The summed E-state index contributed by atoms with van der Waals surface area (Å²) in [5.41, 5.74) is 4.83. The maximum Gasteiger partial charge on any atom is 0.252 e. The number of aromatic amines is 1. The molecule has 0 amide bonds. The van der Waals surface area contributed by atoms with Crippen molar-refractivity contribution in [2.75, 3.05) is 0 Å². The van der Waals surface area contributed by atoms with Gasteiger partial charge >= 0.3 is 0 Å². The minimum atomic E-state index is -0.262. The van der Waals surface area contributed by atoms with Gasteiger partial charge in [0.1, 0.15) is 5.82 Å². The van der Waals surface area contributed by atoms with Crippen LogP contribution in [-0.4, -0.2) is 36.1 Å². The summed E-state index contributed by atoms with van der Waals surface area (Å²) < 4.78 is 15.3. The van der Waals surface area contributed by atoms with Crippen LogP contribution in [0.4, 0.5) is 4.39 Å². The summed E-state index contributed by atoms with van der Waals surface area (Å²) in [6.45, 7) is 7.28. The molecule has 1 aliphatic rings. The van der Waals surface area contributed by atoms with Crippen molar-refractivity contribution in [3.63, 3.8) is 0 Å². The zero-order valence-corrected chi connectivity index (χ0v) is 21.9. The van der Waals surface area contributed by atoms with Gasteiger partial charge in [0.15, 0.2) is 5.82 Å². The Morgan fingerprint density at radius 2 is 1.86 bits per heavy atom. The van der Waals surface area contributed by atoms with Gasteiger partial charge in [-0.1, -0.05) is 44.4 Å². The van der Waals surface area contributed by atoms with E-state index in [1.54, 1.807) is 12.1 Å². The van der Waals surface area contributed by atoms with Gasteiger partial charge in [0.2, 0.25) is 0 Å². The van der Waals surface area contributed by atoms with Gasteiger partial charge in [0.05, 0.1) is 12.6 Å². The van der Waals surface area contributed by atoms with E-state index in [4.69, 9.17) is 0 Å². The first-order valence-corrected chi connectivity index (χ1v) is 13.3. The monoisotopic (exact) mass is 502 g/mol. The molecule has 8 heteroatoms. The molecule has 0 unspecified atom stereocenters. The summed E-state index contributed by atoms with van der Waals surface area (Å²) in [4.78, 5) is 18.8. The number of hydrogen-bond donors (Lipinski definition) is 1. The molecule has 0 bridgehead atoms. The van der Waals surface area contributed by atoms with Crippen LogP contribution in [-0.2, 0) is 13.1 Å². The lowest BCUT2D eigenvalue weighted by Gasteiger charge is -2.39. The van der Waals surface area contributed by atoms with Gasteiger partial charge in [-0.3, -0.25) is 9.69 Å². The van der Waals surface area contributed by atoms with Gasteiger partial charge in [-0.05, 0) is 84.5 Å². The highest BCUT2D eigenvalue weighted by Gasteiger charge is 2.32. The van der Waals surface area contributed by atoms with E-state index in [9.17, 15) is 9.18 Å². The van der Waals surface area contributed by atoms with Crippen molar-refractivity contribution < 1.29 is 4.39 Å². The highest BCUT2D eigenvalue weighted by Crippen LogP contribution is 2.33. The minimum absolute atomic E-state index is 0.0425. The lowest BCUT2D eigenvalue weighted by Crippen LogP contribution is -2.41. The van der Waals surface area contributed by atoms with Crippen LogP contribution in [0, 0.1) is 19.7 Å². The topological polar surface area (TPSA) is 79.7 Å². The first-order chi connectivity index (χ1) is 17.9. The lowest BCUT2D eigenvalue weighted by molar-refractivity contribution is 0.0844. The van der Waals surface area contributed by atoms with Crippen molar-refractivity contribution in [1.82, 2.24) is 30.1 Å². The molecule has 1 fully saturated rings. The largest absolute Gasteiger partial charge is 0.322 e. The Morgan fingerprint density at radius 1 is 1.11 bits per heavy atom. The van der Waals surface area contributed by atoms with Crippen LogP contribution in [0.5, 0.6) is 0 Å². The quantitative estimate of drug-likeness (QED) is 0.339. The fourth-order valence-electron chi connectivity index (χ4n) is 5.83. The predicted molar refractivity (Wildman–Crippen MR) is 143 cm³/mol. The lowest BCUT2D eigenvalue weighted by atomic mass is 9.92. The van der Waals surface area contributed by atoms with Crippen molar-refractivity contribution in [2.45, 2.75) is 84.5 Å². The van der Waals surface area contributed by atoms with E-state index >= 15 is 0 Å². The van der Waals surface area contributed by atoms with Crippen molar-refractivity contribution in [1.29, 1.82) is 0 Å². The van der Waals surface area contributed by atoms with Crippen molar-refractivity contribution >= 4 is 10.9 Å². The second-order valence-electron chi connectivity index (χ2n) is 10.4. The number of rotatable bonds is 8. The Kier molecular flexibility index (Phi) is 7.46. The molecule has 2 heterocycles. The Hall–Kier alpha value is -3.39. The summed E-state index contributed by atoms with van der Waals surface area (Å²) in [5, 5.41) is 13.8. The number of nitrogens with one attached hydrogen (secondary N) is 1. The number of H-pyrrole nitrogens is 1. The van der Waals surface area contributed by atoms with Gasteiger partial charge < -0.3 is 4.98 Å². The van der Waals surface area contributed by atoms with Crippen molar-refractivity contribution in [2.24, 2.45) is 0 Å². The fraction of sp³-hybridized carbons (Fsp3) is 0.448. The smallest absolute Gasteiger partial charge is 0.252 e. The van der Waals surface area contributed by atoms with Crippen LogP contribution < -0.4 is 5.56 Å². The number of benzene rings is 2. The first-order valence-electron chi connectivity index (χ1n) is 13.3. The van der Waals surface area contributed by atoms with Gasteiger partial charge in [0.25, 0.3) is 5.56 Å². The third kappa shape index (κ3) is 5.49. The van der Waals surface area contributed by atoms with Crippen LogP contribution in [0.2, 0.25) is 0 Å². The fourth-order valence-corrected chi connectivity index (χ4v) is 5.83. The van der Waals surface area contributed by atoms with E-state index in [0.29, 0.717) is 19.1 Å². The van der Waals surface area contributed by atoms with Crippen molar-refractivity contribution in [3.05, 3.63) is 86.7 Å². The molecule has 5 rings (SSSR count). The van der Waals surface area contributed by atoms with E-state index in [2.05, 4.69) is 51.4 Å². The molecule has 1 atom stereocenters. The van der Waals surface area contributed by atoms with Crippen LogP contribution in [0.15, 0.2) is 47.3 Å². The molecular formula is C29H35FN6O. The Morgan fingerprint density at radius 3 is 2.59 bits per heavy atom. The number of aryl methyl sites for hydroxylation is 2. The maximum absolute atomic E-state index is 13.4. The second kappa shape index (κ2) is 10.9. The highest BCUT2D eigenvalue weighted by atomic mass is 19.1. The molecule has 0 radical (unpaired) electrons. The molecule has 7 nitrogen and oxygen atoms in total. The Balaban J connectivity index is 1.51.